The first kappa shape index (κ1) is 23.5. The molecule has 4 rings (SSSR count). The summed E-state index contributed by atoms with van der Waals surface area (Å²) < 4.78 is 29.3. The van der Waals surface area contributed by atoms with Crippen LogP contribution in [0.5, 0.6) is 0 Å². The van der Waals surface area contributed by atoms with Crippen LogP contribution in [0, 0.1) is 6.92 Å². The van der Waals surface area contributed by atoms with Crippen LogP contribution in [0.25, 0.3) is 11.1 Å². The molecular weight excluding hydrogens is 432 g/mol. The number of benzene rings is 2. The maximum absolute atomic E-state index is 13.6. The van der Waals surface area contributed by atoms with Crippen molar-refractivity contribution in [1.29, 1.82) is 0 Å². The molecule has 33 heavy (non-hydrogen) atoms. The number of hydrogen-bond acceptors (Lipinski definition) is 3. The average molecular weight is 465 g/mol. The molecule has 3 aromatic rings. The fourth-order valence-electron chi connectivity index (χ4n) is 5.26. The van der Waals surface area contributed by atoms with Crippen molar-refractivity contribution in [1.82, 2.24) is 9.29 Å². The maximum atomic E-state index is 13.6. The fraction of sp³-hybridized carbons (Fsp3) is 0.370. The lowest BCUT2D eigenvalue weighted by Crippen LogP contribution is -2.45. The van der Waals surface area contributed by atoms with Gasteiger partial charge in [0.2, 0.25) is 10.0 Å². The van der Waals surface area contributed by atoms with Gasteiger partial charge in [0.05, 0.1) is 6.26 Å². The maximum Gasteiger partial charge on any atom is 0.208 e. The smallest absolute Gasteiger partial charge is 0.208 e. The zero-order valence-corrected chi connectivity index (χ0v) is 20.6. The molecule has 1 N–H and O–H groups in total. The van der Waals surface area contributed by atoms with Gasteiger partial charge in [0, 0.05) is 41.5 Å². The number of nitrogens with zero attached hydrogens (tertiary/aromatic N) is 1. The molecule has 1 heterocycles. The van der Waals surface area contributed by atoms with Gasteiger partial charge in [-0.25, -0.2) is 13.1 Å². The van der Waals surface area contributed by atoms with Crippen molar-refractivity contribution in [2.75, 3.05) is 6.26 Å². The number of fused-ring (bicyclic) bond motifs is 1. The normalized spacial score (nSPS) is 18.2. The van der Waals surface area contributed by atoms with Gasteiger partial charge in [0.15, 0.2) is 5.43 Å². The summed E-state index contributed by atoms with van der Waals surface area (Å²) >= 11 is 0. The van der Waals surface area contributed by atoms with E-state index in [9.17, 15) is 13.2 Å². The van der Waals surface area contributed by atoms with Gasteiger partial charge in [0.25, 0.3) is 0 Å². The van der Waals surface area contributed by atoms with E-state index in [4.69, 9.17) is 0 Å². The van der Waals surface area contributed by atoms with Gasteiger partial charge < -0.3 is 4.57 Å². The van der Waals surface area contributed by atoms with Gasteiger partial charge in [-0.05, 0) is 49.3 Å². The van der Waals surface area contributed by atoms with E-state index in [1.165, 1.54) is 6.26 Å². The number of hydrogen-bond donors (Lipinski definition) is 1. The van der Waals surface area contributed by atoms with Gasteiger partial charge >= 0.3 is 0 Å². The van der Waals surface area contributed by atoms with Crippen molar-refractivity contribution in [2.24, 2.45) is 7.05 Å². The number of sulfonamides is 1. The Bertz CT molecular complexity index is 1330. The van der Waals surface area contributed by atoms with E-state index >= 15 is 0 Å². The molecule has 0 amide bonds. The molecule has 174 valence electrons. The van der Waals surface area contributed by atoms with Crippen LogP contribution in [0.4, 0.5) is 0 Å². The van der Waals surface area contributed by atoms with E-state index < -0.39 is 10.0 Å². The van der Waals surface area contributed by atoms with Crippen molar-refractivity contribution in [2.45, 2.75) is 51.5 Å². The Morgan fingerprint density at radius 1 is 1.06 bits per heavy atom. The Balaban J connectivity index is 1.82. The Kier molecular flexibility index (Phi) is 6.59. The van der Waals surface area contributed by atoms with Crippen LogP contribution in [0.15, 0.2) is 59.4 Å². The van der Waals surface area contributed by atoms with Crippen molar-refractivity contribution >= 4 is 10.0 Å². The molecule has 1 aromatic heterocycles. The Morgan fingerprint density at radius 3 is 2.42 bits per heavy atom. The predicted octanol–water partition coefficient (Wildman–Crippen LogP) is 4.11. The lowest BCUT2D eigenvalue weighted by atomic mass is 9.77. The summed E-state index contributed by atoms with van der Waals surface area (Å²) in [5.74, 6) is -0.223. The number of rotatable bonds is 6. The van der Waals surface area contributed by atoms with E-state index in [0.29, 0.717) is 25.7 Å². The molecule has 0 saturated heterocycles. The Labute approximate surface area is 196 Å². The Hall–Kier alpha value is -2.70. The van der Waals surface area contributed by atoms with Crippen LogP contribution in [-0.2, 0) is 36.3 Å². The van der Waals surface area contributed by atoms with Crippen molar-refractivity contribution in [3.05, 3.63) is 92.9 Å². The van der Waals surface area contributed by atoms with Crippen molar-refractivity contribution in [3.8, 4) is 11.1 Å². The van der Waals surface area contributed by atoms with Crippen molar-refractivity contribution < 1.29 is 8.42 Å². The molecule has 5 nitrogen and oxygen atoms in total. The second kappa shape index (κ2) is 9.27. The summed E-state index contributed by atoms with van der Waals surface area (Å²) in [6, 6.07) is 18.2. The third kappa shape index (κ3) is 4.82. The molecule has 0 radical (unpaired) electrons. The molecule has 0 aliphatic heterocycles. The molecule has 2 aromatic carbocycles. The lowest BCUT2D eigenvalue weighted by molar-refractivity contribution is 0.415. The molecule has 0 unspecified atom stereocenters. The molecule has 0 fully saturated rings. The highest BCUT2D eigenvalue weighted by Crippen LogP contribution is 2.34. The molecule has 2 atom stereocenters. The largest absolute Gasteiger partial charge is 0.351 e. The summed E-state index contributed by atoms with van der Waals surface area (Å²) in [5.41, 5.74) is 7.04. The first-order valence-corrected chi connectivity index (χ1v) is 13.4. The van der Waals surface area contributed by atoms with Crippen LogP contribution in [0.3, 0.4) is 0 Å². The van der Waals surface area contributed by atoms with E-state index in [2.05, 4.69) is 39.6 Å². The predicted molar refractivity (Wildman–Crippen MR) is 134 cm³/mol. The highest BCUT2D eigenvalue weighted by atomic mass is 32.2. The molecule has 0 saturated carbocycles. The fourth-order valence-corrected chi connectivity index (χ4v) is 6.09. The minimum absolute atomic E-state index is 0.0762. The molecule has 0 bridgehead atoms. The van der Waals surface area contributed by atoms with Crippen molar-refractivity contribution in [3.63, 3.8) is 0 Å². The molecular formula is C27H32N2O3S. The zero-order chi connectivity index (χ0) is 23.8. The average Bonchev–Trinajstić information content (AvgIpc) is 2.79. The van der Waals surface area contributed by atoms with Crippen LogP contribution in [0.2, 0.25) is 0 Å². The van der Waals surface area contributed by atoms with Gasteiger partial charge in [-0.15, -0.1) is 0 Å². The second-order valence-electron chi connectivity index (χ2n) is 9.08. The zero-order valence-electron chi connectivity index (χ0n) is 19.8. The monoisotopic (exact) mass is 464 g/mol. The molecule has 1 aliphatic carbocycles. The Morgan fingerprint density at radius 2 is 1.76 bits per heavy atom. The summed E-state index contributed by atoms with van der Waals surface area (Å²) in [6.45, 7) is 4.00. The summed E-state index contributed by atoms with van der Waals surface area (Å²) in [7, 11) is -1.39. The van der Waals surface area contributed by atoms with Gasteiger partial charge in [-0.1, -0.05) is 61.5 Å². The summed E-state index contributed by atoms with van der Waals surface area (Å²) in [5, 5.41) is 0. The first-order valence-electron chi connectivity index (χ1n) is 11.5. The SMILES string of the molecule is CCc1c(C)n(C)c2c(c1=O)[C@@H](Cc1cccc(-c3ccccc3)c1)[C@@H](NS(C)(=O)=O)CC2. The topological polar surface area (TPSA) is 68.2 Å². The van der Waals surface area contributed by atoms with Gasteiger partial charge in [-0.2, -0.15) is 0 Å². The third-order valence-electron chi connectivity index (χ3n) is 6.93. The molecule has 1 aliphatic rings. The highest BCUT2D eigenvalue weighted by Gasteiger charge is 2.35. The van der Waals surface area contributed by atoms with Crippen LogP contribution >= 0.6 is 0 Å². The first-order chi connectivity index (χ1) is 15.7. The highest BCUT2D eigenvalue weighted by molar-refractivity contribution is 7.88. The molecule has 6 heteroatoms. The lowest BCUT2D eigenvalue weighted by Gasteiger charge is -2.35. The van der Waals surface area contributed by atoms with Crippen LogP contribution in [0.1, 0.15) is 47.3 Å². The summed E-state index contributed by atoms with van der Waals surface area (Å²) in [6.07, 6.45) is 3.80. The quantitative estimate of drug-likeness (QED) is 0.597. The minimum atomic E-state index is -3.41. The van der Waals surface area contributed by atoms with Crippen LogP contribution < -0.4 is 10.2 Å². The minimum Gasteiger partial charge on any atom is -0.351 e. The summed E-state index contributed by atoms with van der Waals surface area (Å²) in [4.78, 5) is 13.6. The number of pyridine rings is 1. The van der Waals surface area contributed by atoms with Crippen LogP contribution in [-0.4, -0.2) is 25.3 Å². The number of nitrogens with one attached hydrogen (secondary N) is 1. The second-order valence-corrected chi connectivity index (χ2v) is 10.9. The molecule has 0 spiro atoms. The van der Waals surface area contributed by atoms with Gasteiger partial charge in [-0.3, -0.25) is 4.79 Å². The number of aromatic nitrogens is 1. The van der Waals surface area contributed by atoms with E-state index in [1.807, 2.05) is 45.2 Å². The third-order valence-corrected chi connectivity index (χ3v) is 7.66. The van der Waals surface area contributed by atoms with E-state index in [0.717, 1.165) is 39.2 Å². The van der Waals surface area contributed by atoms with Gasteiger partial charge in [0.1, 0.15) is 0 Å². The van der Waals surface area contributed by atoms with E-state index in [-0.39, 0.29) is 17.4 Å². The van der Waals surface area contributed by atoms with E-state index in [1.54, 1.807) is 0 Å². The standard InChI is InChI=1S/C27H32N2O3S/c1-5-22-18(2)29(3)25-15-14-24(28-33(4,31)32)23(26(25)27(22)30)17-19-10-9-13-21(16-19)20-11-7-6-8-12-20/h6-13,16,23-24,28H,5,14-15,17H2,1-4H3/t23-,24-/m0/s1.